The summed E-state index contributed by atoms with van der Waals surface area (Å²) in [7, 11) is 0. The number of likely N-dealkylation sites (tertiary alicyclic amines) is 1. The van der Waals surface area contributed by atoms with Gasteiger partial charge in [0.2, 0.25) is 5.89 Å². The standard InChI is InChI=1S/C21H23N3O/c1-3-7-17(8-4-1)15-20-22-21(25-23-20)16-24-13-11-19(12-14-24)18-9-5-2-6-10-18/h1-10,19H,11-16H2. The third-order valence-corrected chi connectivity index (χ3v) is 4.93. The Kier molecular flexibility index (Phi) is 4.89. The van der Waals surface area contributed by atoms with Gasteiger partial charge < -0.3 is 4.52 Å². The van der Waals surface area contributed by atoms with E-state index >= 15 is 0 Å². The maximum Gasteiger partial charge on any atom is 0.240 e. The Labute approximate surface area is 148 Å². The van der Waals surface area contributed by atoms with Crippen LogP contribution < -0.4 is 0 Å². The van der Waals surface area contributed by atoms with Crippen molar-refractivity contribution in [1.82, 2.24) is 15.0 Å². The lowest BCUT2D eigenvalue weighted by atomic mass is 9.89. The maximum absolute atomic E-state index is 5.45. The van der Waals surface area contributed by atoms with Crippen LogP contribution in [-0.2, 0) is 13.0 Å². The van der Waals surface area contributed by atoms with E-state index in [0.717, 1.165) is 37.8 Å². The molecule has 0 amide bonds. The first-order valence-corrected chi connectivity index (χ1v) is 8.99. The van der Waals surface area contributed by atoms with E-state index in [1.54, 1.807) is 0 Å². The summed E-state index contributed by atoms with van der Waals surface area (Å²) in [4.78, 5) is 6.97. The lowest BCUT2D eigenvalue weighted by molar-refractivity contribution is 0.181. The van der Waals surface area contributed by atoms with Gasteiger partial charge in [0.15, 0.2) is 5.82 Å². The molecule has 4 heteroatoms. The van der Waals surface area contributed by atoms with Crippen molar-refractivity contribution in [2.24, 2.45) is 0 Å². The van der Waals surface area contributed by atoms with Crippen molar-refractivity contribution in [3.8, 4) is 0 Å². The van der Waals surface area contributed by atoms with Crippen molar-refractivity contribution in [2.45, 2.75) is 31.7 Å². The quantitative estimate of drug-likeness (QED) is 0.707. The molecule has 4 nitrogen and oxygen atoms in total. The zero-order valence-electron chi connectivity index (χ0n) is 14.3. The van der Waals surface area contributed by atoms with Crippen molar-refractivity contribution in [3.05, 3.63) is 83.5 Å². The maximum atomic E-state index is 5.45. The fourth-order valence-corrected chi connectivity index (χ4v) is 3.55. The molecule has 1 aliphatic rings. The minimum Gasteiger partial charge on any atom is -0.338 e. The fourth-order valence-electron chi connectivity index (χ4n) is 3.55. The van der Waals surface area contributed by atoms with Gasteiger partial charge in [0.05, 0.1) is 6.54 Å². The number of aromatic nitrogens is 2. The highest BCUT2D eigenvalue weighted by Gasteiger charge is 2.22. The predicted molar refractivity (Wildman–Crippen MR) is 97.2 cm³/mol. The second kappa shape index (κ2) is 7.62. The van der Waals surface area contributed by atoms with Gasteiger partial charge >= 0.3 is 0 Å². The van der Waals surface area contributed by atoms with Crippen LogP contribution in [0.15, 0.2) is 65.2 Å². The van der Waals surface area contributed by atoms with Crippen LogP contribution >= 0.6 is 0 Å². The van der Waals surface area contributed by atoms with Crippen LogP contribution in [0.3, 0.4) is 0 Å². The van der Waals surface area contributed by atoms with Crippen LogP contribution in [0.5, 0.6) is 0 Å². The predicted octanol–water partition coefficient (Wildman–Crippen LogP) is 4.04. The zero-order chi connectivity index (χ0) is 16.9. The second-order valence-electron chi connectivity index (χ2n) is 6.73. The Morgan fingerprint density at radius 1 is 0.920 bits per heavy atom. The van der Waals surface area contributed by atoms with Crippen molar-refractivity contribution in [1.29, 1.82) is 0 Å². The molecule has 0 saturated carbocycles. The average molecular weight is 333 g/mol. The van der Waals surface area contributed by atoms with Crippen LogP contribution in [0.1, 0.15) is 41.6 Å². The molecule has 2 heterocycles. The SMILES string of the molecule is c1ccc(Cc2noc(CN3CCC(c4ccccc4)CC3)n2)cc1. The van der Waals surface area contributed by atoms with Gasteiger partial charge in [0, 0.05) is 6.42 Å². The molecule has 1 fully saturated rings. The highest BCUT2D eigenvalue weighted by atomic mass is 16.5. The van der Waals surface area contributed by atoms with Crippen LogP contribution in [-0.4, -0.2) is 28.1 Å². The van der Waals surface area contributed by atoms with Gasteiger partial charge in [-0.1, -0.05) is 65.8 Å². The van der Waals surface area contributed by atoms with Gasteiger partial charge in [0.25, 0.3) is 0 Å². The summed E-state index contributed by atoms with van der Waals surface area (Å²) in [5.74, 6) is 2.17. The molecule has 0 aliphatic carbocycles. The Hall–Kier alpha value is -2.46. The topological polar surface area (TPSA) is 42.2 Å². The molecule has 0 atom stereocenters. The monoisotopic (exact) mass is 333 g/mol. The first-order chi connectivity index (χ1) is 12.4. The first kappa shape index (κ1) is 16.0. The minimum atomic E-state index is 0.675. The largest absolute Gasteiger partial charge is 0.338 e. The minimum absolute atomic E-state index is 0.675. The number of hydrogen-bond acceptors (Lipinski definition) is 4. The van der Waals surface area contributed by atoms with E-state index in [-0.39, 0.29) is 0 Å². The summed E-state index contributed by atoms with van der Waals surface area (Å²) in [5, 5.41) is 4.13. The number of nitrogens with zero attached hydrogens (tertiary/aromatic N) is 3. The molecular formula is C21H23N3O. The van der Waals surface area contributed by atoms with Crippen molar-refractivity contribution < 1.29 is 4.52 Å². The Morgan fingerprint density at radius 2 is 1.60 bits per heavy atom. The molecule has 1 aromatic heterocycles. The first-order valence-electron chi connectivity index (χ1n) is 8.99. The van der Waals surface area contributed by atoms with Crippen molar-refractivity contribution >= 4 is 0 Å². The molecule has 4 rings (SSSR count). The summed E-state index contributed by atoms with van der Waals surface area (Å²) in [6, 6.07) is 21.1. The van der Waals surface area contributed by atoms with Gasteiger partial charge in [0.1, 0.15) is 0 Å². The summed E-state index contributed by atoms with van der Waals surface area (Å²) in [5.41, 5.74) is 2.67. The molecule has 0 unspecified atom stereocenters. The molecule has 0 radical (unpaired) electrons. The van der Waals surface area contributed by atoms with Crippen LogP contribution in [0, 0.1) is 0 Å². The second-order valence-corrected chi connectivity index (χ2v) is 6.73. The molecule has 25 heavy (non-hydrogen) atoms. The average Bonchev–Trinajstić information content (AvgIpc) is 3.11. The normalized spacial score (nSPS) is 16.2. The summed E-state index contributed by atoms with van der Waals surface area (Å²) >= 11 is 0. The molecule has 128 valence electrons. The van der Waals surface area contributed by atoms with E-state index in [9.17, 15) is 0 Å². The lowest BCUT2D eigenvalue weighted by Crippen LogP contribution is -2.32. The molecule has 2 aromatic carbocycles. The van der Waals surface area contributed by atoms with Gasteiger partial charge in [-0.05, 0) is 43.0 Å². The highest BCUT2D eigenvalue weighted by Crippen LogP contribution is 2.28. The summed E-state index contributed by atoms with van der Waals surface area (Å²) in [6.07, 6.45) is 3.10. The van der Waals surface area contributed by atoms with E-state index in [1.165, 1.54) is 24.0 Å². The lowest BCUT2D eigenvalue weighted by Gasteiger charge is -2.31. The van der Waals surface area contributed by atoms with Gasteiger partial charge in [-0.25, -0.2) is 0 Å². The Bertz CT molecular complexity index is 777. The van der Waals surface area contributed by atoms with E-state index in [2.05, 4.69) is 57.5 Å². The molecular weight excluding hydrogens is 310 g/mol. The van der Waals surface area contributed by atoms with Crippen LogP contribution in [0.2, 0.25) is 0 Å². The Balaban J connectivity index is 1.30. The molecule has 1 aliphatic heterocycles. The fraction of sp³-hybridized carbons (Fsp3) is 0.333. The number of benzene rings is 2. The van der Waals surface area contributed by atoms with Crippen molar-refractivity contribution in [2.75, 3.05) is 13.1 Å². The smallest absolute Gasteiger partial charge is 0.240 e. The summed E-state index contributed by atoms with van der Waals surface area (Å²) in [6.45, 7) is 2.91. The van der Waals surface area contributed by atoms with Gasteiger partial charge in [-0.15, -0.1) is 0 Å². The van der Waals surface area contributed by atoms with Crippen molar-refractivity contribution in [3.63, 3.8) is 0 Å². The zero-order valence-corrected chi connectivity index (χ0v) is 14.3. The summed E-state index contributed by atoms with van der Waals surface area (Å²) < 4.78 is 5.45. The van der Waals surface area contributed by atoms with E-state index in [1.807, 2.05) is 18.2 Å². The molecule has 0 N–H and O–H groups in total. The van der Waals surface area contributed by atoms with Gasteiger partial charge in [-0.3, -0.25) is 4.90 Å². The molecule has 1 saturated heterocycles. The van der Waals surface area contributed by atoms with E-state index in [4.69, 9.17) is 4.52 Å². The van der Waals surface area contributed by atoms with E-state index in [0.29, 0.717) is 5.92 Å². The third kappa shape index (κ3) is 4.15. The highest BCUT2D eigenvalue weighted by molar-refractivity contribution is 5.20. The number of rotatable bonds is 5. The molecule has 3 aromatic rings. The number of hydrogen-bond donors (Lipinski definition) is 0. The molecule has 0 bridgehead atoms. The Morgan fingerprint density at radius 3 is 2.32 bits per heavy atom. The van der Waals surface area contributed by atoms with E-state index < -0.39 is 0 Å². The van der Waals surface area contributed by atoms with Crippen LogP contribution in [0.25, 0.3) is 0 Å². The third-order valence-electron chi connectivity index (χ3n) is 4.93. The molecule has 0 spiro atoms. The van der Waals surface area contributed by atoms with Crippen LogP contribution in [0.4, 0.5) is 0 Å². The number of piperidine rings is 1. The van der Waals surface area contributed by atoms with Gasteiger partial charge in [-0.2, -0.15) is 4.98 Å².